The van der Waals surface area contributed by atoms with Crippen molar-refractivity contribution in [2.75, 3.05) is 18.4 Å². The summed E-state index contributed by atoms with van der Waals surface area (Å²) in [5, 5.41) is 18.7. The first kappa shape index (κ1) is 45.1. The Hall–Kier alpha value is -5.89. The Kier molecular flexibility index (Phi) is 18.3. The molecule has 3 atom stereocenters. The molecule has 0 aliphatic carbocycles. The number of nitrogens with zero attached hydrogens (tertiary/aromatic N) is 2. The molecule has 1 aromatic carbocycles. The summed E-state index contributed by atoms with van der Waals surface area (Å²) < 4.78 is 37.0. The molecule has 0 spiro atoms. The first-order valence-electron chi connectivity index (χ1n) is 16.2. The van der Waals surface area contributed by atoms with Crippen LogP contribution in [0.25, 0.3) is 11.0 Å². The number of anilines is 1. The van der Waals surface area contributed by atoms with E-state index in [1.165, 1.54) is 19.1 Å². The van der Waals surface area contributed by atoms with Gasteiger partial charge in [-0.05, 0) is 62.6 Å². The van der Waals surface area contributed by atoms with Crippen LogP contribution < -0.4 is 49.8 Å². The number of halogens is 3. The smallest absolute Gasteiger partial charge is 0.475 e. The molecule has 0 aliphatic rings. The van der Waals surface area contributed by atoms with Gasteiger partial charge < -0.3 is 53.7 Å². The van der Waals surface area contributed by atoms with Gasteiger partial charge in [-0.15, -0.1) is 0 Å². The Morgan fingerprint density at radius 3 is 1.79 bits per heavy atom. The van der Waals surface area contributed by atoms with Gasteiger partial charge in [-0.25, -0.2) is 9.59 Å². The van der Waals surface area contributed by atoms with Crippen molar-refractivity contribution in [2.45, 2.75) is 84.1 Å². The number of carbonyl (C=O) groups is 5. The minimum Gasteiger partial charge on any atom is -0.475 e. The first-order chi connectivity index (χ1) is 24.6. The summed E-state index contributed by atoms with van der Waals surface area (Å²) in [5.74, 6) is -5.09. The summed E-state index contributed by atoms with van der Waals surface area (Å²) in [6, 6.07) is 3.27. The van der Waals surface area contributed by atoms with E-state index in [-0.39, 0.29) is 50.2 Å². The summed E-state index contributed by atoms with van der Waals surface area (Å²) in [4.78, 5) is 80.7. The minimum atomic E-state index is -5.08. The number of carbonyl (C=O) groups excluding carboxylic acids is 4. The van der Waals surface area contributed by atoms with E-state index in [1.807, 2.05) is 13.8 Å². The molecule has 13 N–H and O–H groups in total. The van der Waals surface area contributed by atoms with E-state index < -0.39 is 59.5 Å². The fourth-order valence-electron chi connectivity index (χ4n) is 4.67. The van der Waals surface area contributed by atoms with Crippen LogP contribution in [0.5, 0.6) is 0 Å². The molecule has 1 heterocycles. The van der Waals surface area contributed by atoms with Gasteiger partial charge >= 0.3 is 17.8 Å². The average molecular weight is 757 g/mol. The Morgan fingerprint density at radius 2 is 1.32 bits per heavy atom. The quantitative estimate of drug-likeness (QED) is 0.0456. The number of hydrogen-bond acceptors (Lipinski definition) is 9. The number of carboxylic acids is 1. The number of guanidine groups is 2. The van der Waals surface area contributed by atoms with Crippen molar-refractivity contribution in [3.8, 4) is 0 Å². The van der Waals surface area contributed by atoms with Crippen LogP contribution in [-0.2, 0) is 24.0 Å². The van der Waals surface area contributed by atoms with Gasteiger partial charge in [0.15, 0.2) is 11.9 Å². The Labute approximate surface area is 302 Å². The third-order valence-electron chi connectivity index (χ3n) is 7.02. The van der Waals surface area contributed by atoms with Gasteiger partial charge in [0.05, 0.1) is 0 Å². The van der Waals surface area contributed by atoms with Crippen molar-refractivity contribution in [1.29, 1.82) is 0 Å². The molecule has 0 aliphatic heterocycles. The van der Waals surface area contributed by atoms with Gasteiger partial charge in [0.1, 0.15) is 23.7 Å². The lowest BCUT2D eigenvalue weighted by Crippen LogP contribution is -2.56. The van der Waals surface area contributed by atoms with Crippen LogP contribution in [0.3, 0.4) is 0 Å². The number of benzene rings is 1. The number of alkyl halides is 3. The molecular formula is C32H47F3N10O8. The van der Waals surface area contributed by atoms with Crippen molar-refractivity contribution in [2.24, 2.45) is 38.8 Å². The largest absolute Gasteiger partial charge is 0.490 e. The normalized spacial score (nSPS) is 12.6. The number of aliphatic carboxylic acids is 1. The fraction of sp³-hybridized carbons (Fsp3) is 0.500. The number of fused-ring (bicyclic) bond motifs is 1. The van der Waals surface area contributed by atoms with Gasteiger partial charge in [-0.3, -0.25) is 29.2 Å². The van der Waals surface area contributed by atoms with E-state index in [0.29, 0.717) is 29.5 Å². The van der Waals surface area contributed by atoms with Crippen LogP contribution in [0.1, 0.15) is 58.4 Å². The predicted octanol–water partition coefficient (Wildman–Crippen LogP) is 0.301. The summed E-state index contributed by atoms with van der Waals surface area (Å²) in [7, 11) is 0. The Balaban J connectivity index is 0.00000181. The minimum absolute atomic E-state index is 0.0120. The highest BCUT2D eigenvalue weighted by Gasteiger charge is 2.38. The van der Waals surface area contributed by atoms with Crippen LogP contribution >= 0.6 is 0 Å². The van der Waals surface area contributed by atoms with Crippen molar-refractivity contribution in [3.63, 3.8) is 0 Å². The van der Waals surface area contributed by atoms with Crippen molar-refractivity contribution >= 4 is 58.2 Å². The Bertz CT molecular complexity index is 1700. The third kappa shape index (κ3) is 17.7. The van der Waals surface area contributed by atoms with E-state index in [2.05, 4.69) is 31.3 Å². The number of aliphatic imine (C=N–C) groups is 2. The van der Waals surface area contributed by atoms with E-state index >= 15 is 0 Å². The van der Waals surface area contributed by atoms with Gasteiger partial charge in [0, 0.05) is 43.2 Å². The van der Waals surface area contributed by atoms with Gasteiger partial charge in [-0.1, -0.05) is 13.8 Å². The molecule has 2 aromatic rings. The molecule has 0 saturated heterocycles. The standard InChI is InChI=1S/C30H46N10O6.C2HF3O2/c1-16(2)13-23(40-27(44)21(37-18(4)41)7-5-11-35-29(31)32)28(45)39-22(8-6-12-36-30(33)34)26(43)38-19-9-10-20-17(3)14-25(42)46-24(20)15-19;3-2(4,5)1(6)7/h9-10,14-16,21-23H,5-8,11-13H2,1-4H3,(H,37,41)(H,38,43)(H,39,45)(H,40,44)(H4,31,32,35)(H4,33,34,36);(H,6,7). The van der Waals surface area contributed by atoms with Crippen molar-refractivity contribution in [1.82, 2.24) is 16.0 Å². The lowest BCUT2D eigenvalue weighted by atomic mass is 10.0. The lowest BCUT2D eigenvalue weighted by Gasteiger charge is -2.26. The predicted molar refractivity (Wildman–Crippen MR) is 190 cm³/mol. The molecule has 0 fully saturated rings. The summed E-state index contributed by atoms with van der Waals surface area (Å²) in [6.45, 7) is 7.29. The number of amides is 4. The highest BCUT2D eigenvalue weighted by atomic mass is 19.4. The number of carboxylic acid groups (broad SMARTS) is 1. The number of aryl methyl sites for hydroxylation is 1. The monoisotopic (exact) mass is 756 g/mol. The van der Waals surface area contributed by atoms with Crippen LogP contribution in [0.15, 0.2) is 43.5 Å². The molecule has 21 heteroatoms. The first-order valence-corrected chi connectivity index (χ1v) is 16.2. The second-order valence-electron chi connectivity index (χ2n) is 12.2. The molecule has 4 amide bonds. The zero-order valence-electron chi connectivity index (χ0n) is 29.7. The maximum absolute atomic E-state index is 13.6. The summed E-state index contributed by atoms with van der Waals surface area (Å²) >= 11 is 0. The highest BCUT2D eigenvalue weighted by Crippen LogP contribution is 2.21. The van der Waals surface area contributed by atoms with Gasteiger partial charge in [0.25, 0.3) is 0 Å². The second kappa shape index (κ2) is 21.5. The second-order valence-corrected chi connectivity index (χ2v) is 12.2. The third-order valence-corrected chi connectivity index (χ3v) is 7.02. The molecule has 1 aromatic heterocycles. The number of nitrogens with two attached hydrogens (primary N) is 4. The van der Waals surface area contributed by atoms with E-state index in [1.54, 1.807) is 19.1 Å². The topological polar surface area (TPSA) is 313 Å². The van der Waals surface area contributed by atoms with Crippen molar-refractivity contribution in [3.05, 3.63) is 40.2 Å². The zero-order valence-corrected chi connectivity index (χ0v) is 29.7. The number of nitrogens with one attached hydrogen (secondary N) is 4. The lowest BCUT2D eigenvalue weighted by molar-refractivity contribution is -0.192. The Morgan fingerprint density at radius 1 is 0.830 bits per heavy atom. The molecular weight excluding hydrogens is 709 g/mol. The molecule has 18 nitrogen and oxygen atoms in total. The highest BCUT2D eigenvalue weighted by molar-refractivity contribution is 6.00. The van der Waals surface area contributed by atoms with Gasteiger partial charge in [0.2, 0.25) is 23.6 Å². The van der Waals surface area contributed by atoms with Crippen LogP contribution in [0, 0.1) is 12.8 Å². The molecule has 3 unspecified atom stereocenters. The molecule has 0 bridgehead atoms. The molecule has 0 saturated carbocycles. The zero-order chi connectivity index (χ0) is 40.5. The maximum Gasteiger partial charge on any atom is 0.490 e. The van der Waals surface area contributed by atoms with E-state index in [4.69, 9.17) is 37.3 Å². The van der Waals surface area contributed by atoms with E-state index in [9.17, 15) is 37.1 Å². The number of rotatable bonds is 17. The number of hydrogen-bond donors (Lipinski definition) is 9. The molecule has 294 valence electrons. The van der Waals surface area contributed by atoms with Crippen molar-refractivity contribution < 1.29 is 46.7 Å². The SMILES string of the molecule is CC(=O)NC(CCCN=C(N)N)C(=O)NC(CC(C)C)C(=O)NC(CCCN=C(N)N)C(=O)Nc1ccc2c(C)cc(=O)oc2c1.O=C(O)C(F)(F)F. The molecule has 53 heavy (non-hydrogen) atoms. The molecule has 2 rings (SSSR count). The fourth-order valence-corrected chi connectivity index (χ4v) is 4.67. The summed E-state index contributed by atoms with van der Waals surface area (Å²) in [6.07, 6.45) is -3.70. The van der Waals surface area contributed by atoms with Crippen LogP contribution in [0.4, 0.5) is 18.9 Å². The van der Waals surface area contributed by atoms with Crippen LogP contribution in [0.2, 0.25) is 0 Å². The van der Waals surface area contributed by atoms with Crippen LogP contribution in [-0.4, -0.2) is 84.0 Å². The van der Waals surface area contributed by atoms with Gasteiger partial charge in [-0.2, -0.15) is 13.2 Å². The maximum atomic E-state index is 13.6. The molecule has 0 radical (unpaired) electrons. The summed E-state index contributed by atoms with van der Waals surface area (Å²) in [5.41, 5.74) is 22.4. The average Bonchev–Trinajstić information content (AvgIpc) is 3.02. The van der Waals surface area contributed by atoms with E-state index in [0.717, 1.165) is 5.56 Å².